The standard InChI is InChI=1S/C19H15FN4OS/c1-11-15-9-14(10-21-18(15)24(2)23-11)22-19(25)17-8-7-16(26-17)12-3-5-13(20)6-4-12/h3-10H,1-2H3,(H,22,25). The van der Waals surface area contributed by atoms with Crippen LogP contribution in [-0.4, -0.2) is 20.7 Å². The molecule has 7 heteroatoms. The van der Waals surface area contributed by atoms with Crippen molar-refractivity contribution >= 4 is 34.0 Å². The zero-order valence-electron chi connectivity index (χ0n) is 14.2. The van der Waals surface area contributed by atoms with Crippen molar-refractivity contribution in [3.8, 4) is 10.4 Å². The molecule has 0 aliphatic heterocycles. The minimum absolute atomic E-state index is 0.203. The van der Waals surface area contributed by atoms with Crippen molar-refractivity contribution in [2.75, 3.05) is 5.32 Å². The Labute approximate surface area is 153 Å². The Hall–Kier alpha value is -3.06. The first-order chi connectivity index (χ1) is 12.5. The molecule has 5 nitrogen and oxygen atoms in total. The fourth-order valence-corrected chi connectivity index (χ4v) is 3.70. The van der Waals surface area contributed by atoms with Crippen molar-refractivity contribution in [3.63, 3.8) is 0 Å². The second kappa shape index (κ2) is 6.34. The van der Waals surface area contributed by atoms with E-state index in [0.29, 0.717) is 10.6 Å². The summed E-state index contributed by atoms with van der Waals surface area (Å²) in [6.45, 7) is 1.91. The van der Waals surface area contributed by atoms with Gasteiger partial charge < -0.3 is 5.32 Å². The molecule has 1 amide bonds. The Morgan fingerprint density at radius 3 is 2.73 bits per heavy atom. The van der Waals surface area contributed by atoms with Crippen molar-refractivity contribution in [1.29, 1.82) is 0 Å². The number of halogens is 1. The van der Waals surface area contributed by atoms with Crippen LogP contribution >= 0.6 is 11.3 Å². The highest BCUT2D eigenvalue weighted by molar-refractivity contribution is 7.17. The van der Waals surface area contributed by atoms with E-state index in [-0.39, 0.29) is 11.7 Å². The molecular formula is C19H15FN4OS. The average Bonchev–Trinajstić information content (AvgIpc) is 3.22. The summed E-state index contributed by atoms with van der Waals surface area (Å²) in [6.07, 6.45) is 1.62. The van der Waals surface area contributed by atoms with Gasteiger partial charge in [0.1, 0.15) is 5.82 Å². The minimum Gasteiger partial charge on any atom is -0.320 e. The van der Waals surface area contributed by atoms with E-state index in [0.717, 1.165) is 27.2 Å². The van der Waals surface area contributed by atoms with Crippen molar-refractivity contribution in [3.05, 3.63) is 65.0 Å². The molecule has 0 aliphatic carbocycles. The number of thiophene rings is 1. The zero-order valence-corrected chi connectivity index (χ0v) is 15.0. The van der Waals surface area contributed by atoms with Crippen LogP contribution in [0.3, 0.4) is 0 Å². The molecule has 0 fully saturated rings. The molecule has 1 N–H and O–H groups in total. The zero-order chi connectivity index (χ0) is 18.3. The van der Waals surface area contributed by atoms with E-state index >= 15 is 0 Å². The fraction of sp³-hybridized carbons (Fsp3) is 0.105. The van der Waals surface area contributed by atoms with Gasteiger partial charge in [0.25, 0.3) is 5.91 Å². The Morgan fingerprint density at radius 1 is 1.19 bits per heavy atom. The molecule has 0 bridgehead atoms. The molecule has 26 heavy (non-hydrogen) atoms. The molecule has 4 aromatic rings. The number of carbonyl (C=O) groups is 1. The van der Waals surface area contributed by atoms with Gasteiger partial charge in [-0.15, -0.1) is 11.3 Å². The van der Waals surface area contributed by atoms with Gasteiger partial charge in [-0.1, -0.05) is 12.1 Å². The van der Waals surface area contributed by atoms with E-state index in [1.807, 2.05) is 26.1 Å². The van der Waals surface area contributed by atoms with Gasteiger partial charge >= 0.3 is 0 Å². The molecule has 0 unspecified atom stereocenters. The Balaban J connectivity index is 1.57. The van der Waals surface area contributed by atoms with Crippen LogP contribution in [0.4, 0.5) is 10.1 Å². The summed E-state index contributed by atoms with van der Waals surface area (Å²) < 4.78 is 14.8. The Morgan fingerprint density at radius 2 is 1.96 bits per heavy atom. The number of pyridine rings is 1. The maximum absolute atomic E-state index is 13.0. The number of rotatable bonds is 3. The number of fused-ring (bicyclic) bond motifs is 1. The van der Waals surface area contributed by atoms with Crippen LogP contribution in [0, 0.1) is 12.7 Å². The first-order valence-electron chi connectivity index (χ1n) is 7.98. The SMILES string of the molecule is Cc1nn(C)c2ncc(NC(=O)c3ccc(-c4ccc(F)cc4)s3)cc12. The number of amides is 1. The van der Waals surface area contributed by atoms with Crippen molar-refractivity contribution in [2.45, 2.75) is 6.92 Å². The molecule has 1 aromatic carbocycles. The van der Waals surface area contributed by atoms with Crippen LogP contribution in [0.1, 0.15) is 15.4 Å². The average molecular weight is 366 g/mol. The van der Waals surface area contributed by atoms with Crippen LogP contribution in [0.25, 0.3) is 21.5 Å². The lowest BCUT2D eigenvalue weighted by Gasteiger charge is -2.03. The highest BCUT2D eigenvalue weighted by Gasteiger charge is 2.13. The molecule has 130 valence electrons. The van der Waals surface area contributed by atoms with Gasteiger partial charge in [-0.2, -0.15) is 5.10 Å². The van der Waals surface area contributed by atoms with E-state index < -0.39 is 0 Å². The Bertz CT molecular complexity index is 1110. The maximum Gasteiger partial charge on any atom is 0.265 e. The number of anilines is 1. The number of nitrogens with one attached hydrogen (secondary N) is 1. The van der Waals surface area contributed by atoms with Crippen LogP contribution in [0.15, 0.2) is 48.7 Å². The lowest BCUT2D eigenvalue weighted by atomic mass is 10.2. The number of hydrogen-bond donors (Lipinski definition) is 1. The molecule has 0 aliphatic rings. The van der Waals surface area contributed by atoms with Crippen molar-refractivity contribution < 1.29 is 9.18 Å². The number of nitrogens with zero attached hydrogens (tertiary/aromatic N) is 3. The molecule has 0 saturated carbocycles. The van der Waals surface area contributed by atoms with Gasteiger partial charge in [0.2, 0.25) is 0 Å². The number of carbonyl (C=O) groups excluding carboxylic acids is 1. The monoisotopic (exact) mass is 366 g/mol. The van der Waals surface area contributed by atoms with Crippen LogP contribution < -0.4 is 5.32 Å². The third-order valence-electron chi connectivity index (χ3n) is 4.08. The van der Waals surface area contributed by atoms with Gasteiger partial charge in [0.05, 0.1) is 22.5 Å². The van der Waals surface area contributed by atoms with Crippen LogP contribution in [0.5, 0.6) is 0 Å². The fourth-order valence-electron chi connectivity index (χ4n) is 2.80. The molecule has 0 saturated heterocycles. The van der Waals surface area contributed by atoms with Crippen molar-refractivity contribution in [1.82, 2.24) is 14.8 Å². The van der Waals surface area contributed by atoms with Gasteiger partial charge in [-0.05, 0) is 42.8 Å². The summed E-state index contributed by atoms with van der Waals surface area (Å²) in [4.78, 5) is 18.4. The molecule has 0 atom stereocenters. The predicted molar refractivity (Wildman–Crippen MR) is 101 cm³/mol. The lowest BCUT2D eigenvalue weighted by molar-refractivity contribution is 0.103. The highest BCUT2D eigenvalue weighted by atomic mass is 32.1. The summed E-state index contributed by atoms with van der Waals surface area (Å²) in [5.41, 5.74) is 3.14. The number of benzene rings is 1. The quantitative estimate of drug-likeness (QED) is 0.585. The smallest absolute Gasteiger partial charge is 0.265 e. The van der Waals surface area contributed by atoms with Crippen LogP contribution in [0.2, 0.25) is 0 Å². The largest absolute Gasteiger partial charge is 0.320 e. The van der Waals surface area contributed by atoms with Gasteiger partial charge in [-0.3, -0.25) is 9.48 Å². The third-order valence-corrected chi connectivity index (χ3v) is 5.21. The van der Waals surface area contributed by atoms with Crippen molar-refractivity contribution in [2.24, 2.45) is 7.05 Å². The summed E-state index contributed by atoms with van der Waals surface area (Å²) >= 11 is 1.36. The second-order valence-corrected chi connectivity index (χ2v) is 7.01. The lowest BCUT2D eigenvalue weighted by Crippen LogP contribution is -2.10. The summed E-state index contributed by atoms with van der Waals surface area (Å²) in [5.74, 6) is -0.483. The topological polar surface area (TPSA) is 59.8 Å². The van der Waals surface area contributed by atoms with Gasteiger partial charge in [0.15, 0.2) is 5.65 Å². The number of aromatic nitrogens is 3. The molecule has 3 heterocycles. The molecular weight excluding hydrogens is 351 g/mol. The normalized spacial score (nSPS) is 11.0. The summed E-state index contributed by atoms with van der Waals surface area (Å²) in [7, 11) is 1.84. The van der Waals surface area contributed by atoms with E-state index in [1.54, 1.807) is 29.1 Å². The highest BCUT2D eigenvalue weighted by Crippen LogP contribution is 2.29. The molecule has 0 spiro atoms. The predicted octanol–water partition coefficient (Wildman–Crippen LogP) is 4.40. The maximum atomic E-state index is 13.0. The summed E-state index contributed by atoms with van der Waals surface area (Å²) in [6, 6.07) is 11.7. The third kappa shape index (κ3) is 2.97. The first-order valence-corrected chi connectivity index (χ1v) is 8.79. The first kappa shape index (κ1) is 16.4. The van der Waals surface area contributed by atoms with Gasteiger partial charge in [0, 0.05) is 17.3 Å². The van der Waals surface area contributed by atoms with Crippen LogP contribution in [-0.2, 0) is 7.05 Å². The van der Waals surface area contributed by atoms with E-state index in [4.69, 9.17) is 0 Å². The van der Waals surface area contributed by atoms with E-state index in [1.165, 1.54) is 23.5 Å². The minimum atomic E-state index is -0.281. The number of aryl methyl sites for hydroxylation is 2. The Kier molecular flexibility index (Phi) is 4.00. The molecule has 3 aromatic heterocycles. The van der Waals surface area contributed by atoms with E-state index in [2.05, 4.69) is 15.4 Å². The molecule has 4 rings (SSSR count). The molecule has 0 radical (unpaired) electrons. The van der Waals surface area contributed by atoms with Gasteiger partial charge in [-0.25, -0.2) is 9.37 Å². The summed E-state index contributed by atoms with van der Waals surface area (Å²) in [5, 5.41) is 8.11. The number of hydrogen-bond acceptors (Lipinski definition) is 4. The second-order valence-electron chi connectivity index (χ2n) is 5.93. The van der Waals surface area contributed by atoms with E-state index in [9.17, 15) is 9.18 Å².